The van der Waals surface area contributed by atoms with Crippen molar-refractivity contribution in [3.8, 4) is 11.3 Å². The molecule has 4 fully saturated rings. The lowest BCUT2D eigenvalue weighted by Gasteiger charge is -2.60. The van der Waals surface area contributed by atoms with Gasteiger partial charge in [-0.2, -0.15) is 0 Å². The minimum absolute atomic E-state index is 0.00565. The summed E-state index contributed by atoms with van der Waals surface area (Å²) in [5, 5.41) is 0.652. The topological polar surface area (TPSA) is 79.2 Å². The second-order valence-electron chi connectivity index (χ2n) is 9.29. The van der Waals surface area contributed by atoms with Crippen LogP contribution in [-0.4, -0.2) is 34.8 Å². The number of H-pyrrole nitrogens is 1. The quantitative estimate of drug-likeness (QED) is 0.794. The summed E-state index contributed by atoms with van der Waals surface area (Å²) >= 11 is 6.30. The van der Waals surface area contributed by atoms with Crippen LogP contribution in [0.4, 0.5) is 0 Å². The molecule has 5 nitrogen and oxygen atoms in total. The van der Waals surface area contributed by atoms with Gasteiger partial charge >= 0.3 is 0 Å². The van der Waals surface area contributed by atoms with Gasteiger partial charge < -0.3 is 15.6 Å². The van der Waals surface area contributed by atoms with E-state index in [9.17, 15) is 9.59 Å². The Bertz CT molecular complexity index is 968. The van der Waals surface area contributed by atoms with Gasteiger partial charge in [0.1, 0.15) is 5.69 Å². The number of carbonyl (C=O) groups is 2. The number of nitrogens with two attached hydrogens (primary N) is 1. The lowest BCUT2D eigenvalue weighted by molar-refractivity contribution is -0.149. The van der Waals surface area contributed by atoms with Crippen molar-refractivity contribution in [3.63, 3.8) is 0 Å². The second-order valence-corrected chi connectivity index (χ2v) is 9.69. The molecule has 1 aromatic heterocycles. The summed E-state index contributed by atoms with van der Waals surface area (Å²) in [4.78, 5) is 30.6. The molecule has 2 aromatic rings. The fraction of sp³-hybridized carbons (Fsp3) is 0.478. The van der Waals surface area contributed by atoms with E-state index in [4.69, 9.17) is 17.3 Å². The number of halogens is 1. The van der Waals surface area contributed by atoms with Gasteiger partial charge in [-0.3, -0.25) is 9.59 Å². The number of carbonyl (C=O) groups excluding carboxylic acids is 2. The number of rotatable bonds is 4. The predicted molar refractivity (Wildman–Crippen MR) is 112 cm³/mol. The van der Waals surface area contributed by atoms with Crippen LogP contribution in [0.3, 0.4) is 0 Å². The van der Waals surface area contributed by atoms with Crippen molar-refractivity contribution in [3.05, 3.63) is 47.1 Å². The predicted octanol–water partition coefficient (Wildman–Crippen LogP) is 4.09. The van der Waals surface area contributed by atoms with Crippen molar-refractivity contribution >= 4 is 23.4 Å². The Morgan fingerprint density at radius 3 is 2.45 bits per heavy atom. The Labute approximate surface area is 175 Å². The molecule has 6 rings (SSSR count). The van der Waals surface area contributed by atoms with Crippen LogP contribution in [0.15, 0.2) is 36.4 Å². The SMILES string of the molecule is CN(C(=O)c1ccc(-c2ccccc2Cl)[nH]1)C1C2CC3CC1CC(C(N)=O)(C3)C2. The molecule has 0 saturated heterocycles. The lowest BCUT2D eigenvalue weighted by atomic mass is 9.47. The zero-order valence-electron chi connectivity index (χ0n) is 16.5. The van der Waals surface area contributed by atoms with Gasteiger partial charge in [-0.15, -0.1) is 0 Å². The molecule has 2 amide bonds. The van der Waals surface area contributed by atoms with Gasteiger partial charge in [0.2, 0.25) is 5.91 Å². The van der Waals surface area contributed by atoms with E-state index in [1.165, 1.54) is 0 Å². The van der Waals surface area contributed by atoms with Crippen LogP contribution >= 0.6 is 11.6 Å². The van der Waals surface area contributed by atoms with E-state index in [0.717, 1.165) is 43.4 Å². The third-order valence-electron chi connectivity index (χ3n) is 7.59. The van der Waals surface area contributed by atoms with Gasteiger partial charge in [0, 0.05) is 34.8 Å². The minimum Gasteiger partial charge on any atom is -0.369 e. The van der Waals surface area contributed by atoms with E-state index in [1.54, 1.807) is 0 Å². The smallest absolute Gasteiger partial charge is 0.270 e. The number of aromatic nitrogens is 1. The Morgan fingerprint density at radius 2 is 1.79 bits per heavy atom. The monoisotopic (exact) mass is 411 g/mol. The standard InChI is InChI=1S/C23H26ClN3O2/c1-27(20-14-8-13-9-15(20)12-23(10-13,11-14)22(25)29)21(28)19-7-6-18(26-19)16-4-2-3-5-17(16)24/h2-7,13-15,20,26H,8-12H2,1H3,(H2,25,29). The Hall–Kier alpha value is -2.27. The first-order valence-electron chi connectivity index (χ1n) is 10.4. The number of amides is 2. The molecule has 3 N–H and O–H groups in total. The first-order chi connectivity index (χ1) is 13.9. The van der Waals surface area contributed by atoms with Crippen molar-refractivity contribution in [1.82, 2.24) is 9.88 Å². The number of primary amides is 1. The molecule has 152 valence electrons. The van der Waals surface area contributed by atoms with Crippen molar-refractivity contribution in [2.75, 3.05) is 7.05 Å². The van der Waals surface area contributed by atoms with E-state index < -0.39 is 0 Å². The van der Waals surface area contributed by atoms with Crippen molar-refractivity contribution in [2.24, 2.45) is 28.9 Å². The Balaban J connectivity index is 1.38. The highest BCUT2D eigenvalue weighted by Crippen LogP contribution is 2.60. The average Bonchev–Trinajstić information content (AvgIpc) is 3.16. The molecule has 4 bridgehead atoms. The Morgan fingerprint density at radius 1 is 1.10 bits per heavy atom. The van der Waals surface area contributed by atoms with Crippen LogP contribution in [0.1, 0.15) is 42.6 Å². The minimum atomic E-state index is -0.333. The van der Waals surface area contributed by atoms with E-state index in [1.807, 2.05) is 48.3 Å². The second kappa shape index (κ2) is 6.63. The molecular formula is C23H26ClN3O2. The van der Waals surface area contributed by atoms with Crippen LogP contribution in [0.25, 0.3) is 11.3 Å². The van der Waals surface area contributed by atoms with Crippen LogP contribution in [0.2, 0.25) is 5.02 Å². The van der Waals surface area contributed by atoms with Crippen molar-refractivity contribution in [1.29, 1.82) is 0 Å². The van der Waals surface area contributed by atoms with Crippen molar-refractivity contribution < 1.29 is 9.59 Å². The number of hydrogen-bond donors (Lipinski definition) is 2. The molecule has 4 aliphatic rings. The van der Waals surface area contributed by atoms with E-state index in [-0.39, 0.29) is 23.3 Å². The summed E-state index contributed by atoms with van der Waals surface area (Å²) in [5.74, 6) is 1.16. The molecule has 29 heavy (non-hydrogen) atoms. The van der Waals surface area contributed by atoms with Gasteiger partial charge in [0.05, 0.1) is 0 Å². The first kappa shape index (κ1) is 18.7. The van der Waals surface area contributed by atoms with Gasteiger partial charge in [0.15, 0.2) is 0 Å². The third-order valence-corrected chi connectivity index (χ3v) is 7.92. The van der Waals surface area contributed by atoms with Gasteiger partial charge in [-0.25, -0.2) is 0 Å². The molecule has 4 aliphatic carbocycles. The molecule has 0 radical (unpaired) electrons. The molecule has 0 spiro atoms. The summed E-state index contributed by atoms with van der Waals surface area (Å²) in [6.07, 6.45) is 4.80. The highest BCUT2D eigenvalue weighted by atomic mass is 35.5. The largest absolute Gasteiger partial charge is 0.369 e. The van der Waals surface area contributed by atoms with Crippen LogP contribution in [0, 0.1) is 23.2 Å². The van der Waals surface area contributed by atoms with Gasteiger partial charge in [-0.1, -0.05) is 29.8 Å². The maximum Gasteiger partial charge on any atom is 0.270 e. The zero-order chi connectivity index (χ0) is 20.3. The van der Waals surface area contributed by atoms with E-state index >= 15 is 0 Å². The summed E-state index contributed by atoms with van der Waals surface area (Å²) in [6, 6.07) is 11.5. The molecule has 2 unspecified atom stereocenters. The lowest BCUT2D eigenvalue weighted by Crippen LogP contribution is -2.62. The molecular weight excluding hydrogens is 386 g/mol. The van der Waals surface area contributed by atoms with Gasteiger partial charge in [-0.05, 0) is 68.1 Å². The van der Waals surface area contributed by atoms with Crippen LogP contribution in [-0.2, 0) is 4.79 Å². The zero-order valence-corrected chi connectivity index (χ0v) is 17.3. The highest BCUT2D eigenvalue weighted by Gasteiger charge is 2.59. The molecule has 2 atom stereocenters. The van der Waals surface area contributed by atoms with Crippen molar-refractivity contribution in [2.45, 2.75) is 38.1 Å². The average molecular weight is 412 g/mol. The molecule has 4 saturated carbocycles. The fourth-order valence-electron chi connectivity index (χ4n) is 6.61. The molecule has 0 aliphatic heterocycles. The maximum absolute atomic E-state index is 13.3. The van der Waals surface area contributed by atoms with Crippen LogP contribution < -0.4 is 5.73 Å². The van der Waals surface area contributed by atoms with E-state index in [0.29, 0.717) is 28.5 Å². The molecule has 1 aromatic carbocycles. The van der Waals surface area contributed by atoms with Gasteiger partial charge in [0.25, 0.3) is 5.91 Å². The normalized spacial score (nSPS) is 32.3. The van der Waals surface area contributed by atoms with E-state index in [2.05, 4.69) is 4.98 Å². The highest BCUT2D eigenvalue weighted by molar-refractivity contribution is 6.33. The maximum atomic E-state index is 13.3. The summed E-state index contributed by atoms with van der Waals surface area (Å²) in [7, 11) is 1.90. The number of hydrogen-bond acceptors (Lipinski definition) is 2. The summed E-state index contributed by atoms with van der Waals surface area (Å²) in [6.45, 7) is 0. The number of benzene rings is 1. The number of nitrogens with one attached hydrogen (secondary N) is 1. The fourth-order valence-corrected chi connectivity index (χ4v) is 6.85. The summed E-state index contributed by atoms with van der Waals surface area (Å²) in [5.41, 5.74) is 7.76. The molecule has 1 heterocycles. The summed E-state index contributed by atoms with van der Waals surface area (Å²) < 4.78 is 0. The van der Waals surface area contributed by atoms with Crippen LogP contribution in [0.5, 0.6) is 0 Å². The first-order valence-corrected chi connectivity index (χ1v) is 10.8. The Kier molecular flexibility index (Phi) is 4.28. The molecule has 6 heteroatoms. The number of nitrogens with zero attached hydrogens (tertiary/aromatic N) is 1. The number of aromatic amines is 1. The third kappa shape index (κ3) is 2.90.